The van der Waals surface area contributed by atoms with Crippen molar-refractivity contribution >= 4 is 47.2 Å². The van der Waals surface area contributed by atoms with E-state index < -0.39 is 0 Å². The lowest BCUT2D eigenvalue weighted by Gasteiger charge is -2.37. The van der Waals surface area contributed by atoms with E-state index in [0.717, 1.165) is 58.1 Å². The number of carbonyl (C=O) groups is 1. The van der Waals surface area contributed by atoms with Crippen LogP contribution in [0.4, 0.5) is 0 Å². The molecular weight excluding hydrogens is 487 g/mol. The number of hydrogen-bond acceptors (Lipinski definition) is 4. The van der Waals surface area contributed by atoms with Crippen molar-refractivity contribution in [2.75, 3.05) is 45.9 Å². The molecule has 2 aliphatic rings. The molecular formula is C20H33IN4O2S. The van der Waals surface area contributed by atoms with Crippen molar-refractivity contribution < 1.29 is 9.53 Å². The van der Waals surface area contributed by atoms with Crippen LogP contribution in [0.15, 0.2) is 22.5 Å². The Hall–Kier alpha value is -0.870. The van der Waals surface area contributed by atoms with Crippen molar-refractivity contribution in [1.82, 2.24) is 15.1 Å². The molecule has 28 heavy (non-hydrogen) atoms. The molecule has 0 radical (unpaired) electrons. The van der Waals surface area contributed by atoms with Crippen LogP contribution in [-0.2, 0) is 14.9 Å². The maximum atomic E-state index is 12.5. The SMILES string of the molecule is CCNC(=NCC(C)(C)c1cccs1)N1CCN(C(=O)C2CCCO2)CC1.I. The van der Waals surface area contributed by atoms with Crippen molar-refractivity contribution in [2.24, 2.45) is 4.99 Å². The van der Waals surface area contributed by atoms with E-state index in [4.69, 9.17) is 9.73 Å². The lowest BCUT2D eigenvalue weighted by molar-refractivity contribution is -0.142. The van der Waals surface area contributed by atoms with Crippen molar-refractivity contribution in [2.45, 2.75) is 45.1 Å². The summed E-state index contributed by atoms with van der Waals surface area (Å²) in [6.07, 6.45) is 1.64. The highest BCUT2D eigenvalue weighted by molar-refractivity contribution is 14.0. The van der Waals surface area contributed by atoms with Gasteiger partial charge in [0.2, 0.25) is 0 Å². The molecule has 0 aromatic carbocycles. The fourth-order valence-electron chi connectivity index (χ4n) is 3.55. The number of amides is 1. The van der Waals surface area contributed by atoms with Crippen molar-refractivity contribution in [3.8, 4) is 0 Å². The Morgan fingerprint density at radius 1 is 1.32 bits per heavy atom. The van der Waals surface area contributed by atoms with Crippen LogP contribution in [0.1, 0.15) is 38.5 Å². The summed E-state index contributed by atoms with van der Waals surface area (Å²) >= 11 is 1.79. The maximum Gasteiger partial charge on any atom is 0.251 e. The monoisotopic (exact) mass is 520 g/mol. The van der Waals surface area contributed by atoms with Gasteiger partial charge in [0, 0.05) is 49.6 Å². The summed E-state index contributed by atoms with van der Waals surface area (Å²) in [4.78, 5) is 23.0. The minimum Gasteiger partial charge on any atom is -0.368 e. The molecule has 1 unspecified atom stereocenters. The van der Waals surface area contributed by atoms with E-state index in [0.29, 0.717) is 6.61 Å². The molecule has 3 heterocycles. The van der Waals surface area contributed by atoms with Gasteiger partial charge in [-0.25, -0.2) is 0 Å². The zero-order chi connectivity index (χ0) is 19.3. The fraction of sp³-hybridized carbons (Fsp3) is 0.700. The Kier molecular flexibility index (Phi) is 9.01. The molecule has 2 saturated heterocycles. The van der Waals surface area contributed by atoms with E-state index in [2.05, 4.69) is 48.5 Å². The van der Waals surface area contributed by atoms with Gasteiger partial charge in [-0.1, -0.05) is 19.9 Å². The van der Waals surface area contributed by atoms with Gasteiger partial charge >= 0.3 is 0 Å². The van der Waals surface area contributed by atoms with Crippen LogP contribution in [0.5, 0.6) is 0 Å². The van der Waals surface area contributed by atoms with Gasteiger partial charge in [0.05, 0.1) is 6.54 Å². The predicted octanol–water partition coefficient (Wildman–Crippen LogP) is 2.93. The van der Waals surface area contributed by atoms with E-state index in [9.17, 15) is 4.79 Å². The number of piperazine rings is 1. The van der Waals surface area contributed by atoms with Gasteiger partial charge in [0.25, 0.3) is 5.91 Å². The molecule has 158 valence electrons. The maximum absolute atomic E-state index is 12.5. The lowest BCUT2D eigenvalue weighted by Crippen LogP contribution is -2.55. The van der Waals surface area contributed by atoms with E-state index in [1.54, 1.807) is 11.3 Å². The molecule has 6 nitrogen and oxygen atoms in total. The third-order valence-corrected chi connectivity index (χ3v) is 6.48. The largest absolute Gasteiger partial charge is 0.368 e. The second-order valence-corrected chi connectivity index (χ2v) is 8.79. The van der Waals surface area contributed by atoms with Crippen LogP contribution < -0.4 is 5.32 Å². The quantitative estimate of drug-likeness (QED) is 0.369. The molecule has 1 aromatic heterocycles. The van der Waals surface area contributed by atoms with E-state index in [1.807, 2.05) is 4.90 Å². The number of hydrogen-bond donors (Lipinski definition) is 1. The summed E-state index contributed by atoms with van der Waals surface area (Å²) in [5.41, 5.74) is 0.0203. The third-order valence-electron chi connectivity index (χ3n) is 5.24. The van der Waals surface area contributed by atoms with Crippen molar-refractivity contribution in [1.29, 1.82) is 0 Å². The number of guanidine groups is 1. The Labute approximate surface area is 189 Å². The zero-order valence-corrected chi connectivity index (χ0v) is 20.3. The summed E-state index contributed by atoms with van der Waals surface area (Å²) in [6, 6.07) is 4.28. The average Bonchev–Trinajstić information content (AvgIpc) is 3.39. The average molecular weight is 520 g/mol. The molecule has 2 aliphatic heterocycles. The highest BCUT2D eigenvalue weighted by atomic mass is 127. The van der Waals surface area contributed by atoms with Crippen LogP contribution in [0, 0.1) is 0 Å². The first-order valence-corrected chi connectivity index (χ1v) is 10.9. The van der Waals surface area contributed by atoms with Gasteiger partial charge in [0.15, 0.2) is 5.96 Å². The lowest BCUT2D eigenvalue weighted by atomic mass is 9.92. The van der Waals surface area contributed by atoms with Gasteiger partial charge in [-0.05, 0) is 31.2 Å². The molecule has 1 amide bonds. The first-order chi connectivity index (χ1) is 13.0. The molecule has 1 aromatic rings. The van der Waals surface area contributed by atoms with Crippen LogP contribution in [0.25, 0.3) is 0 Å². The molecule has 0 bridgehead atoms. The molecule has 1 N–H and O–H groups in total. The molecule has 2 fully saturated rings. The number of carbonyl (C=O) groups excluding carboxylic acids is 1. The minimum absolute atomic E-state index is 0. The molecule has 3 rings (SSSR count). The Morgan fingerprint density at radius 2 is 2.04 bits per heavy atom. The van der Waals surface area contributed by atoms with Gasteiger partial charge in [-0.2, -0.15) is 0 Å². The topological polar surface area (TPSA) is 57.2 Å². The Morgan fingerprint density at radius 3 is 2.61 bits per heavy atom. The number of ether oxygens (including phenoxy) is 1. The smallest absolute Gasteiger partial charge is 0.251 e. The second kappa shape index (κ2) is 10.8. The van der Waals surface area contributed by atoms with E-state index >= 15 is 0 Å². The highest BCUT2D eigenvalue weighted by Crippen LogP contribution is 2.27. The second-order valence-electron chi connectivity index (χ2n) is 7.85. The number of halogens is 1. The predicted molar refractivity (Wildman–Crippen MR) is 126 cm³/mol. The highest BCUT2D eigenvalue weighted by Gasteiger charge is 2.31. The van der Waals surface area contributed by atoms with Gasteiger partial charge in [-0.3, -0.25) is 9.79 Å². The standard InChI is InChI=1S/C20H32N4O2S.HI/c1-4-21-19(22-15-20(2,3)17-8-6-14-27-17)24-11-9-23(10-12-24)18(25)16-7-5-13-26-16;/h6,8,14,16H,4-5,7,9-13,15H2,1-3H3,(H,21,22);1H. The van der Waals surface area contributed by atoms with Gasteiger partial charge in [0.1, 0.15) is 6.10 Å². The Bertz CT molecular complexity index is 637. The van der Waals surface area contributed by atoms with Gasteiger partial charge < -0.3 is 19.9 Å². The molecule has 1 atom stereocenters. The zero-order valence-electron chi connectivity index (χ0n) is 17.1. The van der Waals surface area contributed by atoms with Crippen LogP contribution in [0.2, 0.25) is 0 Å². The van der Waals surface area contributed by atoms with Crippen LogP contribution in [-0.4, -0.2) is 73.6 Å². The number of rotatable bonds is 5. The Balaban J connectivity index is 0.00000280. The van der Waals surface area contributed by atoms with E-state index in [-0.39, 0.29) is 41.4 Å². The summed E-state index contributed by atoms with van der Waals surface area (Å²) in [5.74, 6) is 1.11. The molecule has 0 spiro atoms. The number of nitrogens with zero attached hydrogens (tertiary/aromatic N) is 3. The summed E-state index contributed by atoms with van der Waals surface area (Å²) in [6.45, 7) is 12.0. The van der Waals surface area contributed by atoms with Crippen LogP contribution in [0.3, 0.4) is 0 Å². The molecule has 0 aliphatic carbocycles. The van der Waals surface area contributed by atoms with Gasteiger partial charge in [-0.15, -0.1) is 35.3 Å². The third kappa shape index (κ3) is 5.82. The number of nitrogens with one attached hydrogen (secondary N) is 1. The van der Waals surface area contributed by atoms with Crippen molar-refractivity contribution in [3.05, 3.63) is 22.4 Å². The minimum atomic E-state index is -0.218. The molecule has 0 saturated carbocycles. The number of aliphatic imine (C=N–C) groups is 1. The van der Waals surface area contributed by atoms with E-state index in [1.165, 1.54) is 4.88 Å². The van der Waals surface area contributed by atoms with Crippen molar-refractivity contribution in [3.63, 3.8) is 0 Å². The van der Waals surface area contributed by atoms with Crippen LogP contribution >= 0.6 is 35.3 Å². The summed E-state index contributed by atoms with van der Waals surface area (Å²) < 4.78 is 5.55. The fourth-order valence-corrected chi connectivity index (χ4v) is 4.40. The normalized spacial score (nSPS) is 20.8. The molecule has 8 heteroatoms. The summed E-state index contributed by atoms with van der Waals surface area (Å²) in [5, 5.41) is 5.54. The summed E-state index contributed by atoms with van der Waals surface area (Å²) in [7, 11) is 0. The number of thiophene rings is 1. The first kappa shape index (κ1) is 23.4. The first-order valence-electron chi connectivity index (χ1n) is 9.99.